The third-order valence-electron chi connectivity index (χ3n) is 3.88. The minimum Gasteiger partial charge on any atom is -0.393 e. The predicted octanol–water partition coefficient (Wildman–Crippen LogP) is 5.47. The largest absolute Gasteiger partial charge is 0.393 e. The first-order valence-corrected chi connectivity index (χ1v) is 8.96. The van der Waals surface area contributed by atoms with Gasteiger partial charge in [0.15, 0.2) is 0 Å². The first kappa shape index (κ1) is 19.9. The van der Waals surface area contributed by atoms with E-state index >= 15 is 0 Å². The fourth-order valence-electron chi connectivity index (χ4n) is 2.48. The minimum atomic E-state index is -0.146. The Morgan fingerprint density at radius 3 is 1.95 bits per heavy atom. The van der Waals surface area contributed by atoms with Crippen molar-refractivity contribution in [2.24, 2.45) is 0 Å². The second-order valence-electron chi connectivity index (χ2n) is 6.29. The van der Waals surface area contributed by atoms with Crippen molar-refractivity contribution in [2.45, 2.75) is 110 Å². The maximum atomic E-state index is 9.15. The van der Waals surface area contributed by atoms with E-state index in [1.807, 2.05) is 6.92 Å². The molecule has 0 heterocycles. The molecule has 0 fully saturated rings. The summed E-state index contributed by atoms with van der Waals surface area (Å²) in [6.45, 7) is 7.22. The molecular weight excluding hydrogens is 248 g/mol. The van der Waals surface area contributed by atoms with Gasteiger partial charge in [-0.3, -0.25) is 0 Å². The van der Waals surface area contributed by atoms with Crippen LogP contribution in [0.25, 0.3) is 0 Å². The normalized spacial score (nSPS) is 14.4. The van der Waals surface area contributed by atoms with Crippen LogP contribution in [0.4, 0.5) is 0 Å². The Balaban J connectivity index is 3.14. The van der Waals surface area contributed by atoms with Gasteiger partial charge < -0.3 is 9.84 Å². The topological polar surface area (TPSA) is 29.5 Å². The lowest BCUT2D eigenvalue weighted by atomic mass is 10.1. The molecule has 2 heteroatoms. The quantitative estimate of drug-likeness (QED) is 0.404. The summed E-state index contributed by atoms with van der Waals surface area (Å²) in [7, 11) is 0. The van der Waals surface area contributed by atoms with Crippen LogP contribution in [0, 0.1) is 0 Å². The molecule has 0 aromatic carbocycles. The van der Waals surface area contributed by atoms with Crippen LogP contribution in [0.5, 0.6) is 0 Å². The second kappa shape index (κ2) is 15.3. The monoisotopic (exact) mass is 286 g/mol. The summed E-state index contributed by atoms with van der Waals surface area (Å²) in [5.74, 6) is 0. The summed E-state index contributed by atoms with van der Waals surface area (Å²) in [6, 6.07) is 0. The van der Waals surface area contributed by atoms with Gasteiger partial charge in [0.2, 0.25) is 0 Å². The summed E-state index contributed by atoms with van der Waals surface area (Å²) in [5.41, 5.74) is 0. The van der Waals surface area contributed by atoms with Crippen LogP contribution in [0.2, 0.25) is 0 Å². The molecule has 0 aromatic heterocycles. The molecule has 0 aliphatic carbocycles. The van der Waals surface area contributed by atoms with Crippen molar-refractivity contribution in [1.29, 1.82) is 0 Å². The van der Waals surface area contributed by atoms with Crippen LogP contribution in [0.15, 0.2) is 0 Å². The van der Waals surface area contributed by atoms with Crippen molar-refractivity contribution < 1.29 is 9.84 Å². The van der Waals surface area contributed by atoms with Crippen molar-refractivity contribution >= 4 is 0 Å². The molecule has 20 heavy (non-hydrogen) atoms. The van der Waals surface area contributed by atoms with Crippen molar-refractivity contribution in [3.8, 4) is 0 Å². The zero-order valence-corrected chi connectivity index (χ0v) is 14.2. The maximum Gasteiger partial charge on any atom is 0.0547 e. The lowest BCUT2D eigenvalue weighted by Crippen LogP contribution is -2.09. The number of hydrogen-bond acceptors (Lipinski definition) is 2. The Labute approximate surface area is 127 Å². The highest BCUT2D eigenvalue weighted by Gasteiger charge is 2.02. The highest BCUT2D eigenvalue weighted by atomic mass is 16.5. The predicted molar refractivity (Wildman–Crippen MR) is 88.2 cm³/mol. The Morgan fingerprint density at radius 1 is 0.750 bits per heavy atom. The van der Waals surface area contributed by atoms with Crippen LogP contribution in [0.1, 0.15) is 97.8 Å². The number of unbranched alkanes of at least 4 members (excludes halogenated alkanes) is 8. The smallest absolute Gasteiger partial charge is 0.0547 e. The highest BCUT2D eigenvalue weighted by molar-refractivity contribution is 4.53. The van der Waals surface area contributed by atoms with Crippen molar-refractivity contribution in [2.75, 3.05) is 6.61 Å². The molecule has 0 aliphatic heterocycles. The van der Waals surface area contributed by atoms with Gasteiger partial charge in [-0.2, -0.15) is 0 Å². The molecule has 1 N–H and O–H groups in total. The van der Waals surface area contributed by atoms with Crippen LogP contribution < -0.4 is 0 Å². The second-order valence-corrected chi connectivity index (χ2v) is 6.29. The fraction of sp³-hybridized carbons (Fsp3) is 1.00. The van der Waals surface area contributed by atoms with E-state index in [1.165, 1.54) is 57.8 Å². The Bertz CT molecular complexity index is 180. The van der Waals surface area contributed by atoms with E-state index in [1.54, 1.807) is 0 Å². The third kappa shape index (κ3) is 16.0. The van der Waals surface area contributed by atoms with Crippen LogP contribution in [-0.2, 0) is 4.74 Å². The van der Waals surface area contributed by atoms with E-state index in [-0.39, 0.29) is 6.10 Å². The summed E-state index contributed by atoms with van der Waals surface area (Å²) in [5, 5.41) is 9.15. The van der Waals surface area contributed by atoms with E-state index in [9.17, 15) is 0 Å². The average Bonchev–Trinajstić information content (AvgIpc) is 2.41. The van der Waals surface area contributed by atoms with Gasteiger partial charge >= 0.3 is 0 Å². The van der Waals surface area contributed by atoms with E-state index in [0.29, 0.717) is 6.10 Å². The Kier molecular flexibility index (Phi) is 15.3. The number of aliphatic hydroxyl groups is 1. The van der Waals surface area contributed by atoms with Crippen molar-refractivity contribution in [3.05, 3.63) is 0 Å². The highest BCUT2D eigenvalue weighted by Crippen LogP contribution is 2.11. The average molecular weight is 286 g/mol. The number of ether oxygens (including phenoxy) is 1. The van der Waals surface area contributed by atoms with Gasteiger partial charge in [0, 0.05) is 6.61 Å². The van der Waals surface area contributed by atoms with Crippen LogP contribution >= 0.6 is 0 Å². The van der Waals surface area contributed by atoms with Gasteiger partial charge in [0.25, 0.3) is 0 Å². The number of rotatable bonds is 15. The standard InChI is InChI=1S/C18H38O2/c1-4-5-6-7-8-9-12-15-18(3)20-16-13-10-11-14-17(2)19/h17-19H,4-16H2,1-3H3. The maximum absolute atomic E-state index is 9.15. The molecule has 0 radical (unpaired) electrons. The molecular formula is C18H38O2. The molecule has 0 amide bonds. The molecule has 2 nitrogen and oxygen atoms in total. The first-order chi connectivity index (χ1) is 9.66. The number of aliphatic hydroxyl groups excluding tert-OH is 1. The van der Waals surface area contributed by atoms with E-state index in [0.717, 1.165) is 25.9 Å². The molecule has 0 saturated carbocycles. The first-order valence-electron chi connectivity index (χ1n) is 8.96. The fourth-order valence-corrected chi connectivity index (χ4v) is 2.48. The molecule has 122 valence electrons. The lowest BCUT2D eigenvalue weighted by Gasteiger charge is -2.13. The number of hydrogen-bond donors (Lipinski definition) is 1. The third-order valence-corrected chi connectivity index (χ3v) is 3.88. The van der Waals surface area contributed by atoms with Crippen LogP contribution in [-0.4, -0.2) is 23.9 Å². The minimum absolute atomic E-state index is 0.146. The van der Waals surface area contributed by atoms with E-state index < -0.39 is 0 Å². The van der Waals surface area contributed by atoms with Crippen molar-refractivity contribution in [3.63, 3.8) is 0 Å². The van der Waals surface area contributed by atoms with E-state index in [2.05, 4.69) is 13.8 Å². The van der Waals surface area contributed by atoms with Crippen LogP contribution in [0.3, 0.4) is 0 Å². The van der Waals surface area contributed by atoms with Gasteiger partial charge in [0.1, 0.15) is 0 Å². The zero-order chi connectivity index (χ0) is 15.1. The summed E-state index contributed by atoms with van der Waals surface area (Å²) in [4.78, 5) is 0. The van der Waals surface area contributed by atoms with Gasteiger partial charge in [-0.25, -0.2) is 0 Å². The molecule has 0 saturated heterocycles. The zero-order valence-electron chi connectivity index (χ0n) is 14.2. The molecule has 2 unspecified atom stereocenters. The molecule has 0 bridgehead atoms. The lowest BCUT2D eigenvalue weighted by molar-refractivity contribution is 0.0551. The Hall–Kier alpha value is -0.0800. The molecule has 0 aliphatic rings. The van der Waals surface area contributed by atoms with Gasteiger partial charge in [-0.05, 0) is 33.1 Å². The summed E-state index contributed by atoms with van der Waals surface area (Å²) in [6.07, 6.45) is 15.5. The molecule has 0 aromatic rings. The van der Waals surface area contributed by atoms with Gasteiger partial charge in [-0.15, -0.1) is 0 Å². The molecule has 2 atom stereocenters. The molecule has 0 spiro atoms. The van der Waals surface area contributed by atoms with Gasteiger partial charge in [-0.1, -0.05) is 64.7 Å². The Morgan fingerprint density at radius 2 is 1.30 bits per heavy atom. The van der Waals surface area contributed by atoms with E-state index in [4.69, 9.17) is 9.84 Å². The van der Waals surface area contributed by atoms with Gasteiger partial charge in [0.05, 0.1) is 12.2 Å². The van der Waals surface area contributed by atoms with Crippen molar-refractivity contribution in [1.82, 2.24) is 0 Å². The molecule has 0 rings (SSSR count). The SMILES string of the molecule is CCCCCCCCCC(C)OCCCCCC(C)O. The summed E-state index contributed by atoms with van der Waals surface area (Å²) >= 11 is 0. The summed E-state index contributed by atoms with van der Waals surface area (Å²) < 4.78 is 5.83.